The lowest BCUT2D eigenvalue weighted by Crippen LogP contribution is -2.43. The molecule has 0 saturated carbocycles. The molecule has 0 aliphatic rings. The van der Waals surface area contributed by atoms with Gasteiger partial charge in [0.25, 0.3) is 5.91 Å². The highest BCUT2D eigenvalue weighted by Crippen LogP contribution is 2.10. The van der Waals surface area contributed by atoms with Crippen LogP contribution in [-0.2, 0) is 11.8 Å². The fourth-order valence-corrected chi connectivity index (χ4v) is 2.82. The lowest BCUT2D eigenvalue weighted by Gasteiger charge is -2.23. The van der Waals surface area contributed by atoms with Gasteiger partial charge in [-0.25, -0.2) is 4.98 Å². The van der Waals surface area contributed by atoms with E-state index in [9.17, 15) is 9.59 Å². The monoisotopic (exact) mass is 322 g/mol. The van der Waals surface area contributed by atoms with Crippen LogP contribution in [0.4, 0.5) is 0 Å². The molecule has 0 fully saturated rings. The average Bonchev–Trinajstić information content (AvgIpc) is 2.76. The predicted octanol–water partition coefficient (Wildman–Crippen LogP) is 2.13. The maximum Gasteiger partial charge on any atom is 0.272 e. The van der Waals surface area contributed by atoms with E-state index >= 15 is 0 Å². The molecule has 0 aliphatic heterocycles. The summed E-state index contributed by atoms with van der Waals surface area (Å²) in [5.41, 5.74) is 1.30. The van der Waals surface area contributed by atoms with Crippen molar-refractivity contribution in [2.45, 2.75) is 53.0 Å². The van der Waals surface area contributed by atoms with Crippen molar-refractivity contribution >= 4 is 11.8 Å². The Kier molecular flexibility index (Phi) is 7.26. The molecule has 1 aromatic heterocycles. The summed E-state index contributed by atoms with van der Waals surface area (Å²) in [6.07, 6.45) is 4.32. The largest absolute Gasteiger partial charge is 0.352 e. The van der Waals surface area contributed by atoms with Crippen LogP contribution in [0.15, 0.2) is 6.33 Å². The lowest BCUT2D eigenvalue weighted by molar-refractivity contribution is -0.122. The van der Waals surface area contributed by atoms with Crippen molar-refractivity contribution < 1.29 is 9.59 Å². The first kappa shape index (κ1) is 19.2. The van der Waals surface area contributed by atoms with Crippen molar-refractivity contribution in [2.24, 2.45) is 13.0 Å². The number of nitrogens with zero attached hydrogens (tertiary/aromatic N) is 3. The molecule has 0 radical (unpaired) electrons. The summed E-state index contributed by atoms with van der Waals surface area (Å²) in [5, 5.41) is 2.97. The zero-order valence-corrected chi connectivity index (χ0v) is 15.2. The molecule has 130 valence electrons. The Labute approximate surface area is 139 Å². The Morgan fingerprint density at radius 2 is 2.04 bits per heavy atom. The molecular formula is C17H30N4O2. The first-order valence-corrected chi connectivity index (χ1v) is 8.28. The minimum absolute atomic E-state index is 0.0519. The molecule has 6 nitrogen and oxygen atoms in total. The SMILES string of the molecule is CCCC(C)CC(=O)NC(C)CN(C)C(=O)c1c(C)ncn1C. The number of amides is 2. The first-order chi connectivity index (χ1) is 10.8. The molecular weight excluding hydrogens is 292 g/mol. The highest BCUT2D eigenvalue weighted by atomic mass is 16.2. The third kappa shape index (κ3) is 5.69. The van der Waals surface area contributed by atoms with E-state index in [1.165, 1.54) is 0 Å². The van der Waals surface area contributed by atoms with Gasteiger partial charge in [-0.2, -0.15) is 0 Å². The number of carbonyl (C=O) groups is 2. The molecule has 0 bridgehead atoms. The van der Waals surface area contributed by atoms with Gasteiger partial charge in [0.1, 0.15) is 5.69 Å². The topological polar surface area (TPSA) is 67.2 Å². The summed E-state index contributed by atoms with van der Waals surface area (Å²) >= 11 is 0. The molecule has 2 atom stereocenters. The zero-order valence-electron chi connectivity index (χ0n) is 15.2. The van der Waals surface area contributed by atoms with Crippen LogP contribution in [-0.4, -0.2) is 45.9 Å². The second-order valence-corrected chi connectivity index (χ2v) is 6.54. The highest BCUT2D eigenvalue weighted by Gasteiger charge is 2.20. The van der Waals surface area contributed by atoms with E-state index in [2.05, 4.69) is 24.1 Å². The molecule has 1 N–H and O–H groups in total. The Morgan fingerprint density at radius 1 is 1.39 bits per heavy atom. The Morgan fingerprint density at radius 3 is 2.57 bits per heavy atom. The fourth-order valence-electron chi connectivity index (χ4n) is 2.82. The Bertz CT molecular complexity index is 519. The smallest absolute Gasteiger partial charge is 0.272 e. The van der Waals surface area contributed by atoms with Crippen molar-refractivity contribution in [3.8, 4) is 0 Å². The van der Waals surface area contributed by atoms with Gasteiger partial charge in [0.05, 0.1) is 12.0 Å². The number of aromatic nitrogens is 2. The number of imidazole rings is 1. The van der Waals surface area contributed by atoms with Gasteiger partial charge in [0.2, 0.25) is 5.91 Å². The maximum atomic E-state index is 12.5. The number of hydrogen-bond acceptors (Lipinski definition) is 3. The van der Waals surface area contributed by atoms with Crippen LogP contribution < -0.4 is 5.32 Å². The van der Waals surface area contributed by atoms with Gasteiger partial charge >= 0.3 is 0 Å². The van der Waals surface area contributed by atoms with Crippen molar-refractivity contribution in [3.05, 3.63) is 17.7 Å². The van der Waals surface area contributed by atoms with Gasteiger partial charge < -0.3 is 14.8 Å². The molecule has 0 aliphatic carbocycles. The third-order valence-electron chi connectivity index (χ3n) is 3.94. The average molecular weight is 322 g/mol. The van der Waals surface area contributed by atoms with Crippen LogP contribution in [0.2, 0.25) is 0 Å². The van der Waals surface area contributed by atoms with Gasteiger partial charge in [-0.05, 0) is 19.8 Å². The fraction of sp³-hybridized carbons (Fsp3) is 0.706. The van der Waals surface area contributed by atoms with Crippen molar-refractivity contribution in [1.29, 1.82) is 0 Å². The van der Waals surface area contributed by atoms with Crippen LogP contribution in [0.3, 0.4) is 0 Å². The van der Waals surface area contributed by atoms with Crippen LogP contribution >= 0.6 is 0 Å². The normalized spacial score (nSPS) is 13.5. The van der Waals surface area contributed by atoms with Crippen LogP contribution in [0, 0.1) is 12.8 Å². The predicted molar refractivity (Wildman–Crippen MR) is 91.2 cm³/mol. The molecule has 2 unspecified atom stereocenters. The summed E-state index contributed by atoms with van der Waals surface area (Å²) < 4.78 is 1.73. The van der Waals surface area contributed by atoms with Crippen LogP contribution in [0.1, 0.15) is 56.2 Å². The van der Waals surface area contributed by atoms with E-state index in [4.69, 9.17) is 0 Å². The Balaban J connectivity index is 2.52. The second-order valence-electron chi connectivity index (χ2n) is 6.54. The van der Waals surface area contributed by atoms with Crippen molar-refractivity contribution in [2.75, 3.05) is 13.6 Å². The number of carbonyl (C=O) groups excluding carboxylic acids is 2. The maximum absolute atomic E-state index is 12.5. The summed E-state index contributed by atoms with van der Waals surface area (Å²) in [7, 11) is 3.55. The molecule has 0 spiro atoms. The summed E-state index contributed by atoms with van der Waals surface area (Å²) in [4.78, 5) is 30.3. The van der Waals surface area contributed by atoms with E-state index < -0.39 is 0 Å². The molecule has 0 aromatic carbocycles. The number of hydrogen-bond donors (Lipinski definition) is 1. The van der Waals surface area contributed by atoms with E-state index in [-0.39, 0.29) is 17.9 Å². The molecule has 23 heavy (non-hydrogen) atoms. The Hall–Kier alpha value is -1.85. The van der Waals surface area contributed by atoms with E-state index in [1.54, 1.807) is 29.9 Å². The minimum Gasteiger partial charge on any atom is -0.352 e. The standard InChI is InChI=1S/C17H30N4O2/c1-7-8-12(2)9-15(22)19-13(3)10-20(5)17(23)16-14(4)18-11-21(16)6/h11-13H,7-10H2,1-6H3,(H,19,22). The zero-order chi connectivity index (χ0) is 17.6. The van der Waals surface area contributed by atoms with E-state index in [0.717, 1.165) is 18.5 Å². The molecule has 1 rings (SSSR count). The highest BCUT2D eigenvalue weighted by molar-refractivity contribution is 5.93. The molecule has 2 amide bonds. The van der Waals surface area contributed by atoms with Crippen molar-refractivity contribution in [1.82, 2.24) is 19.8 Å². The van der Waals surface area contributed by atoms with Crippen LogP contribution in [0.25, 0.3) is 0 Å². The van der Waals surface area contributed by atoms with Gasteiger partial charge in [0.15, 0.2) is 0 Å². The van der Waals surface area contributed by atoms with Gasteiger partial charge in [-0.1, -0.05) is 26.7 Å². The number of rotatable bonds is 8. The number of nitrogens with one attached hydrogen (secondary N) is 1. The number of aryl methyl sites for hydroxylation is 2. The minimum atomic E-state index is -0.0844. The van der Waals surface area contributed by atoms with Gasteiger partial charge in [-0.15, -0.1) is 0 Å². The summed E-state index contributed by atoms with van der Waals surface area (Å²) in [6.45, 7) is 8.42. The number of likely N-dealkylation sites (N-methyl/N-ethyl adjacent to an activating group) is 1. The second kappa shape index (κ2) is 8.70. The molecule has 1 heterocycles. The first-order valence-electron chi connectivity index (χ1n) is 8.28. The van der Waals surface area contributed by atoms with Gasteiger partial charge in [0, 0.05) is 33.1 Å². The van der Waals surface area contributed by atoms with Crippen molar-refractivity contribution in [3.63, 3.8) is 0 Å². The van der Waals surface area contributed by atoms with E-state index in [0.29, 0.717) is 24.6 Å². The molecule has 6 heteroatoms. The summed E-state index contributed by atoms with van der Waals surface area (Å²) in [6, 6.07) is -0.0844. The van der Waals surface area contributed by atoms with Gasteiger partial charge in [-0.3, -0.25) is 9.59 Å². The molecule has 1 aromatic rings. The summed E-state index contributed by atoms with van der Waals surface area (Å²) in [5.74, 6) is 0.364. The van der Waals surface area contributed by atoms with Crippen LogP contribution in [0.5, 0.6) is 0 Å². The van der Waals surface area contributed by atoms with E-state index in [1.807, 2.05) is 13.8 Å². The third-order valence-corrected chi connectivity index (χ3v) is 3.94. The lowest BCUT2D eigenvalue weighted by atomic mass is 10.0. The quantitative estimate of drug-likeness (QED) is 0.797. The molecule has 0 saturated heterocycles.